The average molecular weight is 547 g/mol. The van der Waals surface area contributed by atoms with E-state index in [-0.39, 0.29) is 17.4 Å². The molecule has 2 aliphatic heterocycles. The molecule has 1 atom stereocenters. The van der Waals surface area contributed by atoms with Gasteiger partial charge in [-0.15, -0.1) is 10.2 Å². The number of hydrogen-bond donors (Lipinski definition) is 0. The third-order valence-electron chi connectivity index (χ3n) is 7.27. The molecule has 0 radical (unpaired) electrons. The lowest BCUT2D eigenvalue weighted by atomic mass is 10.0. The van der Waals surface area contributed by atoms with Gasteiger partial charge in [0.25, 0.3) is 0 Å². The molecule has 39 heavy (non-hydrogen) atoms. The molecule has 0 bridgehead atoms. The van der Waals surface area contributed by atoms with Gasteiger partial charge in [0.2, 0.25) is 5.95 Å². The summed E-state index contributed by atoms with van der Waals surface area (Å²) < 4.78 is 66.3. The predicted octanol–water partition coefficient (Wildman–Crippen LogP) is 5.60. The number of aromatic nitrogens is 4. The van der Waals surface area contributed by atoms with Crippen LogP contribution >= 0.6 is 0 Å². The standard InChI is InChI=1S/C27H30F4N6O2/c1-5-6-23-38-26(39-23)19-13-33-22(11-20(19)27(29,30)31)37-10-9-36(14-15(37)2)25-17(4)16(3)24(34-35-25)18-7-8-21(28)32-12-18/h7-8,11-13,15,23,26H,5-6,9-10,14H2,1-4H3/t15-,23?,26?/m1/s1. The van der Waals surface area contributed by atoms with E-state index in [4.69, 9.17) is 9.47 Å². The second-order valence-corrected chi connectivity index (χ2v) is 9.93. The Morgan fingerprint density at radius 1 is 1.03 bits per heavy atom. The van der Waals surface area contributed by atoms with Crippen LogP contribution < -0.4 is 9.80 Å². The van der Waals surface area contributed by atoms with Crippen LogP contribution in [0.25, 0.3) is 11.3 Å². The van der Waals surface area contributed by atoms with Gasteiger partial charge >= 0.3 is 6.18 Å². The van der Waals surface area contributed by atoms with E-state index < -0.39 is 30.3 Å². The Morgan fingerprint density at radius 2 is 1.79 bits per heavy atom. The van der Waals surface area contributed by atoms with E-state index in [9.17, 15) is 17.6 Å². The number of ether oxygens (including phenoxy) is 2. The molecule has 0 aliphatic carbocycles. The lowest BCUT2D eigenvalue weighted by Gasteiger charge is -2.42. The van der Waals surface area contributed by atoms with Crippen LogP contribution in [0, 0.1) is 19.8 Å². The third kappa shape index (κ3) is 5.40. The van der Waals surface area contributed by atoms with E-state index >= 15 is 0 Å². The molecule has 5 rings (SSSR count). The van der Waals surface area contributed by atoms with Gasteiger partial charge in [-0.05, 0) is 56.5 Å². The summed E-state index contributed by atoms with van der Waals surface area (Å²) in [7, 11) is 0. The van der Waals surface area contributed by atoms with Crippen LogP contribution in [-0.4, -0.2) is 52.1 Å². The van der Waals surface area contributed by atoms with Crippen LogP contribution in [0.15, 0.2) is 30.6 Å². The van der Waals surface area contributed by atoms with Crippen LogP contribution in [-0.2, 0) is 15.7 Å². The van der Waals surface area contributed by atoms with Crippen molar-refractivity contribution >= 4 is 11.6 Å². The van der Waals surface area contributed by atoms with Gasteiger partial charge in [-0.1, -0.05) is 13.3 Å². The zero-order chi connectivity index (χ0) is 27.9. The quantitative estimate of drug-likeness (QED) is 0.292. The first-order valence-electron chi connectivity index (χ1n) is 12.9. The second-order valence-electron chi connectivity index (χ2n) is 9.93. The van der Waals surface area contributed by atoms with Crippen molar-refractivity contribution < 1.29 is 27.0 Å². The van der Waals surface area contributed by atoms with Crippen molar-refractivity contribution in [1.29, 1.82) is 0 Å². The van der Waals surface area contributed by atoms with Gasteiger partial charge in [0.15, 0.2) is 18.4 Å². The fourth-order valence-electron chi connectivity index (χ4n) is 5.02. The number of piperazine rings is 1. The molecule has 0 spiro atoms. The number of rotatable bonds is 6. The number of pyridine rings is 2. The van der Waals surface area contributed by atoms with Crippen LogP contribution in [0.5, 0.6) is 0 Å². The van der Waals surface area contributed by atoms with Gasteiger partial charge in [-0.3, -0.25) is 0 Å². The SMILES string of the molecule is CCCC1OC(c2cnc(N3CCN(c4nnc(-c5ccc(F)nc5)c(C)c4C)C[C@H]3C)cc2C(F)(F)F)O1. The smallest absolute Gasteiger partial charge is 0.351 e. The van der Waals surface area contributed by atoms with Gasteiger partial charge in [0.1, 0.15) is 5.82 Å². The van der Waals surface area contributed by atoms with Crippen molar-refractivity contribution in [3.05, 3.63) is 58.8 Å². The van der Waals surface area contributed by atoms with Crippen molar-refractivity contribution in [3.8, 4) is 11.3 Å². The molecule has 5 heterocycles. The highest BCUT2D eigenvalue weighted by atomic mass is 19.4. The minimum atomic E-state index is -4.58. The lowest BCUT2D eigenvalue weighted by Crippen LogP contribution is -2.53. The molecule has 2 aliphatic rings. The molecule has 0 saturated carbocycles. The van der Waals surface area contributed by atoms with Crippen molar-refractivity contribution in [3.63, 3.8) is 0 Å². The van der Waals surface area contributed by atoms with Gasteiger partial charge in [-0.25, -0.2) is 9.97 Å². The molecule has 2 saturated heterocycles. The van der Waals surface area contributed by atoms with Gasteiger partial charge < -0.3 is 19.3 Å². The van der Waals surface area contributed by atoms with Crippen molar-refractivity contribution in [2.75, 3.05) is 29.4 Å². The molecule has 2 fully saturated rings. The summed E-state index contributed by atoms with van der Waals surface area (Å²) in [5, 5.41) is 8.83. The summed E-state index contributed by atoms with van der Waals surface area (Å²) in [6, 6.07) is 3.83. The third-order valence-corrected chi connectivity index (χ3v) is 7.27. The van der Waals surface area contributed by atoms with Gasteiger partial charge in [-0.2, -0.15) is 17.6 Å². The zero-order valence-electron chi connectivity index (χ0n) is 22.2. The average Bonchev–Trinajstić information content (AvgIpc) is 2.87. The molecular formula is C27H30F4N6O2. The van der Waals surface area contributed by atoms with E-state index in [1.54, 1.807) is 6.07 Å². The van der Waals surface area contributed by atoms with E-state index in [1.807, 2.05) is 32.6 Å². The minimum Gasteiger partial charge on any atom is -0.351 e. The lowest BCUT2D eigenvalue weighted by molar-refractivity contribution is -0.392. The van der Waals surface area contributed by atoms with Crippen LogP contribution in [0.4, 0.5) is 29.2 Å². The summed E-state index contributed by atoms with van der Waals surface area (Å²) in [5.41, 5.74) is 2.21. The highest BCUT2D eigenvalue weighted by Gasteiger charge is 2.42. The summed E-state index contributed by atoms with van der Waals surface area (Å²) in [4.78, 5) is 12.0. The number of hydrogen-bond acceptors (Lipinski definition) is 8. The summed E-state index contributed by atoms with van der Waals surface area (Å²) in [6.07, 6.45) is -2.05. The summed E-state index contributed by atoms with van der Waals surface area (Å²) in [5.74, 6) is 0.389. The van der Waals surface area contributed by atoms with E-state index in [1.165, 1.54) is 18.5 Å². The number of nitrogens with zero attached hydrogens (tertiary/aromatic N) is 6. The number of anilines is 2. The molecule has 0 amide bonds. The first-order valence-corrected chi connectivity index (χ1v) is 12.9. The molecule has 8 nitrogen and oxygen atoms in total. The van der Waals surface area contributed by atoms with Gasteiger partial charge in [0, 0.05) is 49.2 Å². The van der Waals surface area contributed by atoms with E-state index in [2.05, 4.69) is 25.1 Å². The summed E-state index contributed by atoms with van der Waals surface area (Å²) >= 11 is 0. The van der Waals surface area contributed by atoms with Crippen molar-refractivity contribution in [2.24, 2.45) is 0 Å². The number of alkyl halides is 3. The maximum absolute atomic E-state index is 14.0. The Labute approximate surface area is 224 Å². The highest BCUT2D eigenvalue weighted by molar-refractivity contribution is 5.66. The molecule has 12 heteroatoms. The first kappa shape index (κ1) is 27.2. The van der Waals surface area contributed by atoms with Crippen LogP contribution in [0.1, 0.15) is 55.2 Å². The fraction of sp³-hybridized carbons (Fsp3) is 0.481. The molecule has 3 aromatic rings. The predicted molar refractivity (Wildman–Crippen MR) is 137 cm³/mol. The largest absolute Gasteiger partial charge is 0.417 e. The zero-order valence-corrected chi connectivity index (χ0v) is 22.2. The topological polar surface area (TPSA) is 76.5 Å². The molecule has 3 aromatic heterocycles. The van der Waals surface area contributed by atoms with Gasteiger partial charge in [0.05, 0.1) is 11.3 Å². The minimum absolute atomic E-state index is 0.109. The second kappa shape index (κ2) is 10.6. The van der Waals surface area contributed by atoms with E-state index in [0.717, 1.165) is 23.6 Å². The first-order chi connectivity index (χ1) is 18.6. The molecule has 0 N–H and O–H groups in total. The molecule has 208 valence electrons. The Balaban J connectivity index is 1.33. The highest BCUT2D eigenvalue weighted by Crippen LogP contribution is 2.42. The maximum atomic E-state index is 14.0. The Bertz CT molecular complexity index is 1330. The van der Waals surface area contributed by atoms with Crippen molar-refractivity contribution in [2.45, 2.75) is 65.3 Å². The molecule has 0 unspecified atom stereocenters. The molecular weight excluding hydrogens is 516 g/mol. The normalized spacial score (nSPS) is 21.7. The fourth-order valence-corrected chi connectivity index (χ4v) is 5.02. The van der Waals surface area contributed by atoms with Crippen molar-refractivity contribution in [1.82, 2.24) is 20.2 Å². The Kier molecular flexibility index (Phi) is 7.43. The van der Waals surface area contributed by atoms with E-state index in [0.29, 0.717) is 43.1 Å². The maximum Gasteiger partial charge on any atom is 0.417 e. The number of halogens is 4. The molecule has 0 aromatic carbocycles. The summed E-state index contributed by atoms with van der Waals surface area (Å²) in [6.45, 7) is 9.26. The Hall–Kier alpha value is -3.38. The monoisotopic (exact) mass is 546 g/mol. The van der Waals surface area contributed by atoms with Crippen LogP contribution in [0.3, 0.4) is 0 Å². The van der Waals surface area contributed by atoms with Crippen LogP contribution in [0.2, 0.25) is 0 Å². The Morgan fingerprint density at radius 3 is 2.44 bits per heavy atom.